The standard InChI is InChI=1S/C52H46N4O.Pt/c1-50(2,3)38-26-27-53-49(31-38)55-47-25-22-39(51(4,5)36-17-10-8-11-18-36)30-45(47)44-24-23-42(33-48(44)55)57-43-29-40(52(6,7)37-19-12-9-13-20-37)28-41(32-43)56-46-21-15-14-16-35(46)34-54-56;/h8-31,34H,1-7H3;/q-2;+2. The fraction of sp³-hybridized carbons (Fsp3) is 0.192. The molecule has 0 unspecified atom stereocenters. The van der Waals surface area contributed by atoms with Crippen LogP contribution in [-0.2, 0) is 37.3 Å². The van der Waals surface area contributed by atoms with E-state index in [0.717, 1.165) is 49.8 Å². The largest absolute Gasteiger partial charge is 2.00 e. The van der Waals surface area contributed by atoms with Gasteiger partial charge in [0.1, 0.15) is 5.82 Å². The number of para-hydroxylation sites is 1. The quantitative estimate of drug-likeness (QED) is 0.143. The predicted octanol–water partition coefficient (Wildman–Crippen LogP) is 12.9. The molecule has 3 heterocycles. The molecule has 0 bridgehead atoms. The van der Waals surface area contributed by atoms with Gasteiger partial charge in [0, 0.05) is 34.0 Å². The maximum absolute atomic E-state index is 6.82. The summed E-state index contributed by atoms with van der Waals surface area (Å²) in [5.74, 6) is 2.02. The Balaban J connectivity index is 0.00000469. The van der Waals surface area contributed by atoms with Gasteiger partial charge in [-0.05, 0) is 68.4 Å². The van der Waals surface area contributed by atoms with E-state index in [1.54, 1.807) is 0 Å². The van der Waals surface area contributed by atoms with Crippen LogP contribution in [-0.4, -0.2) is 19.3 Å². The summed E-state index contributed by atoms with van der Waals surface area (Å²) < 4.78 is 11.0. The fourth-order valence-corrected chi connectivity index (χ4v) is 8.00. The minimum absolute atomic E-state index is 0. The van der Waals surface area contributed by atoms with Gasteiger partial charge in [-0.25, -0.2) is 4.98 Å². The third-order valence-electron chi connectivity index (χ3n) is 11.7. The van der Waals surface area contributed by atoms with Crippen molar-refractivity contribution in [1.29, 1.82) is 0 Å². The maximum atomic E-state index is 6.82. The van der Waals surface area contributed by atoms with Crippen molar-refractivity contribution in [3.63, 3.8) is 0 Å². The fourth-order valence-electron chi connectivity index (χ4n) is 8.00. The molecule has 0 amide bonds. The summed E-state index contributed by atoms with van der Waals surface area (Å²) in [7, 11) is 0. The zero-order valence-electron chi connectivity index (χ0n) is 33.9. The van der Waals surface area contributed by atoms with E-state index in [0.29, 0.717) is 11.5 Å². The monoisotopic (exact) mass is 937 g/mol. The predicted molar refractivity (Wildman–Crippen MR) is 233 cm³/mol. The molecule has 6 aromatic carbocycles. The minimum atomic E-state index is -0.332. The van der Waals surface area contributed by atoms with E-state index in [1.807, 2.05) is 35.3 Å². The van der Waals surface area contributed by atoms with Crippen molar-refractivity contribution < 1.29 is 25.8 Å². The second-order valence-corrected chi connectivity index (χ2v) is 17.1. The van der Waals surface area contributed by atoms with E-state index in [9.17, 15) is 0 Å². The topological polar surface area (TPSA) is 44.9 Å². The van der Waals surface area contributed by atoms with Crippen LogP contribution < -0.4 is 4.74 Å². The molecule has 3 aromatic heterocycles. The zero-order valence-corrected chi connectivity index (χ0v) is 36.2. The third kappa shape index (κ3) is 6.96. The summed E-state index contributed by atoms with van der Waals surface area (Å²) in [4.78, 5) is 4.95. The van der Waals surface area contributed by atoms with E-state index in [-0.39, 0.29) is 37.3 Å². The van der Waals surface area contributed by atoms with Crippen molar-refractivity contribution in [2.45, 2.75) is 64.7 Å². The van der Waals surface area contributed by atoms with Crippen LogP contribution in [0, 0.1) is 12.1 Å². The Labute approximate surface area is 355 Å². The number of ether oxygens (including phenoxy) is 1. The Bertz CT molecular complexity index is 2920. The molecule has 290 valence electrons. The molecular weight excluding hydrogens is 892 g/mol. The van der Waals surface area contributed by atoms with Crippen LogP contribution in [0.5, 0.6) is 11.5 Å². The Morgan fingerprint density at radius 3 is 1.91 bits per heavy atom. The van der Waals surface area contributed by atoms with Crippen LogP contribution in [0.4, 0.5) is 0 Å². The molecule has 9 aromatic rings. The second-order valence-electron chi connectivity index (χ2n) is 17.1. The van der Waals surface area contributed by atoms with E-state index < -0.39 is 0 Å². The molecule has 58 heavy (non-hydrogen) atoms. The van der Waals surface area contributed by atoms with Crippen LogP contribution >= 0.6 is 0 Å². The SMILES string of the molecule is CC(C)(C)c1ccnc(-n2c3[c-]c(Oc4[c-]c(-n5ncc6ccccc65)cc(C(C)(C)c5ccccc5)c4)ccc3c3cc(C(C)(C)c4ccccc4)ccc32)c1.[Pt+2]. The summed E-state index contributed by atoms with van der Waals surface area (Å²) in [6, 6.07) is 56.4. The van der Waals surface area contributed by atoms with Crippen LogP contribution in [0.25, 0.3) is 44.2 Å². The molecule has 0 aliphatic carbocycles. The Morgan fingerprint density at radius 2 is 1.21 bits per heavy atom. The molecule has 0 aliphatic heterocycles. The number of hydrogen-bond acceptors (Lipinski definition) is 3. The van der Waals surface area contributed by atoms with Crippen molar-refractivity contribution in [3.05, 3.63) is 192 Å². The van der Waals surface area contributed by atoms with Gasteiger partial charge in [0.05, 0.1) is 11.7 Å². The van der Waals surface area contributed by atoms with Gasteiger partial charge in [-0.2, -0.15) is 11.2 Å². The molecule has 0 saturated heterocycles. The van der Waals surface area contributed by atoms with Crippen molar-refractivity contribution in [3.8, 4) is 23.0 Å². The van der Waals surface area contributed by atoms with E-state index >= 15 is 0 Å². The van der Waals surface area contributed by atoms with Gasteiger partial charge < -0.3 is 9.30 Å². The van der Waals surface area contributed by atoms with Gasteiger partial charge in [-0.15, -0.1) is 41.3 Å². The second kappa shape index (κ2) is 14.9. The summed E-state index contributed by atoms with van der Waals surface area (Å²) in [6.45, 7) is 15.8. The Hall–Kier alpha value is -5.77. The summed E-state index contributed by atoms with van der Waals surface area (Å²) in [5.41, 5.74) is 9.20. The Morgan fingerprint density at radius 1 is 0.534 bits per heavy atom. The van der Waals surface area contributed by atoms with Gasteiger partial charge in [0.2, 0.25) is 0 Å². The van der Waals surface area contributed by atoms with E-state index in [1.165, 1.54) is 22.3 Å². The maximum Gasteiger partial charge on any atom is 2.00 e. The van der Waals surface area contributed by atoms with E-state index in [4.69, 9.17) is 14.8 Å². The molecule has 0 saturated carbocycles. The summed E-state index contributed by atoms with van der Waals surface area (Å²) in [6.07, 6.45) is 3.81. The Kier molecular flexibility index (Phi) is 10.0. The van der Waals surface area contributed by atoms with Crippen molar-refractivity contribution in [2.75, 3.05) is 0 Å². The summed E-state index contributed by atoms with van der Waals surface area (Å²) >= 11 is 0. The molecule has 5 nitrogen and oxygen atoms in total. The molecular formula is C52H46N4OPt. The van der Waals surface area contributed by atoms with Crippen molar-refractivity contribution in [2.24, 2.45) is 0 Å². The number of hydrogen-bond donors (Lipinski definition) is 0. The van der Waals surface area contributed by atoms with Gasteiger partial charge in [-0.1, -0.05) is 145 Å². The zero-order chi connectivity index (χ0) is 39.5. The van der Waals surface area contributed by atoms with E-state index in [2.05, 4.69) is 186 Å². The summed E-state index contributed by atoms with van der Waals surface area (Å²) in [5, 5.41) is 8.08. The first-order valence-electron chi connectivity index (χ1n) is 19.7. The van der Waals surface area contributed by atoms with Gasteiger partial charge in [0.15, 0.2) is 0 Å². The van der Waals surface area contributed by atoms with Crippen molar-refractivity contribution in [1.82, 2.24) is 19.3 Å². The number of fused-ring (bicyclic) bond motifs is 4. The first-order valence-corrected chi connectivity index (χ1v) is 19.7. The smallest absolute Gasteiger partial charge is 0.509 e. The molecule has 0 aliphatic rings. The molecule has 9 rings (SSSR count). The van der Waals surface area contributed by atoms with Crippen LogP contribution in [0.15, 0.2) is 152 Å². The molecule has 0 atom stereocenters. The molecule has 6 heteroatoms. The van der Waals surface area contributed by atoms with Crippen LogP contribution in [0.2, 0.25) is 0 Å². The normalized spacial score (nSPS) is 12.3. The molecule has 0 radical (unpaired) electrons. The average Bonchev–Trinajstić information content (AvgIpc) is 3.80. The minimum Gasteiger partial charge on any atom is -0.509 e. The van der Waals surface area contributed by atoms with Gasteiger partial charge in [-0.3, -0.25) is 4.68 Å². The van der Waals surface area contributed by atoms with Gasteiger partial charge >= 0.3 is 21.1 Å². The van der Waals surface area contributed by atoms with Crippen LogP contribution in [0.3, 0.4) is 0 Å². The van der Waals surface area contributed by atoms with Crippen LogP contribution in [0.1, 0.15) is 76.3 Å². The average molecular weight is 938 g/mol. The molecule has 0 spiro atoms. The van der Waals surface area contributed by atoms with Crippen molar-refractivity contribution >= 4 is 32.7 Å². The van der Waals surface area contributed by atoms with Gasteiger partial charge in [0.25, 0.3) is 0 Å². The number of nitrogens with zero attached hydrogens (tertiary/aromatic N) is 4. The number of pyridine rings is 1. The number of rotatable bonds is 8. The molecule has 0 N–H and O–H groups in total. The molecule has 0 fully saturated rings. The number of benzene rings is 6. The first kappa shape index (κ1) is 39.1. The third-order valence-corrected chi connectivity index (χ3v) is 11.7. The number of aromatic nitrogens is 4. The first-order chi connectivity index (χ1) is 27.4.